The van der Waals surface area contributed by atoms with Crippen LogP contribution in [0.1, 0.15) is 19.8 Å². The summed E-state index contributed by atoms with van der Waals surface area (Å²) in [6, 6.07) is 9.66. The highest BCUT2D eigenvalue weighted by atomic mass is 16.5. The van der Waals surface area contributed by atoms with Crippen molar-refractivity contribution in [3.63, 3.8) is 0 Å². The van der Waals surface area contributed by atoms with Crippen LogP contribution < -0.4 is 5.43 Å². The number of ether oxygens (including phenoxy) is 1. The molecule has 0 aromatic heterocycles. The van der Waals surface area contributed by atoms with E-state index in [1.54, 1.807) is 0 Å². The predicted molar refractivity (Wildman–Crippen MR) is 64.4 cm³/mol. The number of para-hydroxylation sites is 1. The molecule has 1 aromatic rings. The average molecular weight is 220 g/mol. The Labute approximate surface area is 95.3 Å². The summed E-state index contributed by atoms with van der Waals surface area (Å²) in [7, 11) is 1.39. The first-order chi connectivity index (χ1) is 7.72. The van der Waals surface area contributed by atoms with Crippen LogP contribution in [0.4, 0.5) is 5.69 Å². The molecule has 0 spiro atoms. The monoisotopic (exact) mass is 220 g/mol. The Bertz CT molecular complexity index is 361. The number of hydrazone groups is 1. The van der Waals surface area contributed by atoms with Gasteiger partial charge < -0.3 is 4.74 Å². The van der Waals surface area contributed by atoms with Gasteiger partial charge in [0.05, 0.1) is 19.2 Å². The van der Waals surface area contributed by atoms with Crippen molar-refractivity contribution in [3.8, 4) is 0 Å². The fraction of sp³-hybridized carbons (Fsp3) is 0.333. The highest BCUT2D eigenvalue weighted by Crippen LogP contribution is 2.05. The average Bonchev–Trinajstić information content (AvgIpc) is 2.34. The van der Waals surface area contributed by atoms with Crippen LogP contribution in [-0.4, -0.2) is 18.8 Å². The van der Waals surface area contributed by atoms with Crippen molar-refractivity contribution in [2.75, 3.05) is 12.5 Å². The molecule has 0 aliphatic heterocycles. The number of rotatable bonds is 5. The predicted octanol–water partition coefficient (Wildman–Crippen LogP) is 2.43. The molecular formula is C12H16N2O2. The summed E-state index contributed by atoms with van der Waals surface area (Å²) in [6.07, 6.45) is 0.967. The van der Waals surface area contributed by atoms with Gasteiger partial charge in [-0.05, 0) is 25.5 Å². The number of methoxy groups -OCH3 is 1. The highest BCUT2D eigenvalue weighted by molar-refractivity contribution is 5.86. The van der Waals surface area contributed by atoms with Gasteiger partial charge >= 0.3 is 5.97 Å². The normalized spacial score (nSPS) is 11.0. The molecule has 1 N–H and O–H groups in total. The number of hydrogen-bond donors (Lipinski definition) is 1. The zero-order chi connectivity index (χ0) is 11.8. The topological polar surface area (TPSA) is 50.7 Å². The van der Waals surface area contributed by atoms with E-state index in [4.69, 9.17) is 0 Å². The third kappa shape index (κ3) is 4.59. The van der Waals surface area contributed by atoms with E-state index >= 15 is 0 Å². The molecule has 0 saturated carbocycles. The number of nitrogens with zero attached hydrogens (tertiary/aromatic N) is 1. The van der Waals surface area contributed by atoms with Crippen LogP contribution in [0.25, 0.3) is 0 Å². The van der Waals surface area contributed by atoms with Crippen LogP contribution in [0.15, 0.2) is 35.4 Å². The summed E-state index contributed by atoms with van der Waals surface area (Å²) in [6.45, 7) is 1.87. The second-order valence-electron chi connectivity index (χ2n) is 3.40. The molecule has 16 heavy (non-hydrogen) atoms. The van der Waals surface area contributed by atoms with Crippen molar-refractivity contribution < 1.29 is 9.53 Å². The SMILES string of the molecule is COC(=O)CC/C(C)=N\Nc1ccccc1. The van der Waals surface area contributed by atoms with Gasteiger partial charge in [0.1, 0.15) is 0 Å². The van der Waals surface area contributed by atoms with Gasteiger partial charge in [-0.2, -0.15) is 5.10 Å². The van der Waals surface area contributed by atoms with E-state index in [2.05, 4.69) is 15.3 Å². The molecule has 0 radical (unpaired) electrons. The molecule has 0 amide bonds. The van der Waals surface area contributed by atoms with Crippen molar-refractivity contribution in [2.24, 2.45) is 5.10 Å². The lowest BCUT2D eigenvalue weighted by atomic mass is 10.2. The van der Waals surface area contributed by atoms with E-state index in [-0.39, 0.29) is 5.97 Å². The maximum absolute atomic E-state index is 10.9. The Morgan fingerprint density at radius 3 is 2.62 bits per heavy atom. The molecule has 0 aliphatic rings. The minimum Gasteiger partial charge on any atom is -0.469 e. The summed E-state index contributed by atoms with van der Waals surface area (Å²) < 4.78 is 4.55. The highest BCUT2D eigenvalue weighted by Gasteiger charge is 2.01. The van der Waals surface area contributed by atoms with Gasteiger partial charge in [-0.3, -0.25) is 10.2 Å². The number of anilines is 1. The number of nitrogens with one attached hydrogen (secondary N) is 1. The van der Waals surface area contributed by atoms with E-state index in [9.17, 15) is 4.79 Å². The van der Waals surface area contributed by atoms with Crippen molar-refractivity contribution in [3.05, 3.63) is 30.3 Å². The van der Waals surface area contributed by atoms with Gasteiger partial charge in [0, 0.05) is 5.71 Å². The zero-order valence-corrected chi connectivity index (χ0v) is 9.56. The fourth-order valence-electron chi connectivity index (χ4n) is 1.11. The van der Waals surface area contributed by atoms with E-state index in [0.717, 1.165) is 11.4 Å². The molecule has 1 rings (SSSR count). The van der Waals surface area contributed by atoms with Crippen LogP contribution in [0.5, 0.6) is 0 Å². The molecule has 0 heterocycles. The lowest BCUT2D eigenvalue weighted by molar-refractivity contribution is -0.140. The van der Waals surface area contributed by atoms with E-state index in [1.807, 2.05) is 37.3 Å². The maximum atomic E-state index is 10.9. The third-order valence-electron chi connectivity index (χ3n) is 2.07. The first-order valence-electron chi connectivity index (χ1n) is 5.13. The Morgan fingerprint density at radius 1 is 1.31 bits per heavy atom. The minimum atomic E-state index is -0.214. The largest absolute Gasteiger partial charge is 0.469 e. The molecule has 0 aliphatic carbocycles. The molecule has 0 unspecified atom stereocenters. The van der Waals surface area contributed by atoms with Gasteiger partial charge in [-0.25, -0.2) is 0 Å². The summed E-state index contributed by atoms with van der Waals surface area (Å²) in [5, 5.41) is 4.16. The van der Waals surface area contributed by atoms with Gasteiger partial charge in [-0.1, -0.05) is 18.2 Å². The van der Waals surface area contributed by atoms with Gasteiger partial charge in [0.25, 0.3) is 0 Å². The molecular weight excluding hydrogens is 204 g/mol. The van der Waals surface area contributed by atoms with Crippen LogP contribution in [0.3, 0.4) is 0 Å². The van der Waals surface area contributed by atoms with Crippen molar-refractivity contribution in [1.29, 1.82) is 0 Å². The lowest BCUT2D eigenvalue weighted by Gasteiger charge is -2.02. The van der Waals surface area contributed by atoms with Gasteiger partial charge in [-0.15, -0.1) is 0 Å². The smallest absolute Gasteiger partial charge is 0.305 e. The first kappa shape index (κ1) is 12.2. The zero-order valence-electron chi connectivity index (χ0n) is 9.56. The standard InChI is InChI=1S/C12H16N2O2/c1-10(8-9-12(15)16-2)13-14-11-6-4-3-5-7-11/h3-7,14H,8-9H2,1-2H3/b13-10-. The first-order valence-corrected chi connectivity index (χ1v) is 5.13. The number of esters is 1. The van der Waals surface area contributed by atoms with Crippen molar-refractivity contribution in [1.82, 2.24) is 0 Å². The number of hydrogen-bond acceptors (Lipinski definition) is 4. The molecule has 0 saturated heterocycles. The van der Waals surface area contributed by atoms with E-state index in [0.29, 0.717) is 12.8 Å². The lowest BCUT2D eigenvalue weighted by Crippen LogP contribution is -2.04. The van der Waals surface area contributed by atoms with Crippen LogP contribution in [-0.2, 0) is 9.53 Å². The number of benzene rings is 1. The number of carbonyl (C=O) groups is 1. The second-order valence-corrected chi connectivity index (χ2v) is 3.40. The van der Waals surface area contributed by atoms with Gasteiger partial charge in [0.15, 0.2) is 0 Å². The minimum absolute atomic E-state index is 0.214. The maximum Gasteiger partial charge on any atom is 0.305 e. The van der Waals surface area contributed by atoms with Crippen molar-refractivity contribution >= 4 is 17.4 Å². The van der Waals surface area contributed by atoms with Gasteiger partial charge in [0.2, 0.25) is 0 Å². The summed E-state index contributed by atoms with van der Waals surface area (Å²) in [5.41, 5.74) is 4.72. The van der Waals surface area contributed by atoms with Crippen LogP contribution in [0, 0.1) is 0 Å². The van der Waals surface area contributed by atoms with E-state index < -0.39 is 0 Å². The third-order valence-corrected chi connectivity index (χ3v) is 2.07. The molecule has 86 valence electrons. The van der Waals surface area contributed by atoms with Crippen molar-refractivity contribution in [2.45, 2.75) is 19.8 Å². The summed E-state index contributed by atoms with van der Waals surface area (Å²) in [4.78, 5) is 10.9. The Morgan fingerprint density at radius 2 is 2.00 bits per heavy atom. The molecule has 0 atom stereocenters. The quantitative estimate of drug-likeness (QED) is 0.471. The molecule has 1 aromatic carbocycles. The van der Waals surface area contributed by atoms with E-state index in [1.165, 1.54) is 7.11 Å². The summed E-state index contributed by atoms with van der Waals surface area (Å²) in [5.74, 6) is -0.214. The number of carbonyl (C=O) groups excluding carboxylic acids is 1. The van der Waals surface area contributed by atoms with Crippen LogP contribution >= 0.6 is 0 Å². The molecule has 0 fully saturated rings. The Balaban J connectivity index is 2.37. The molecule has 4 heteroatoms. The Hall–Kier alpha value is -1.84. The Kier molecular flexibility index (Phi) is 5.05. The second kappa shape index (κ2) is 6.61. The molecule has 0 bridgehead atoms. The molecule has 4 nitrogen and oxygen atoms in total. The summed E-state index contributed by atoms with van der Waals surface area (Å²) >= 11 is 0. The van der Waals surface area contributed by atoms with Crippen LogP contribution in [0.2, 0.25) is 0 Å². The fourth-order valence-corrected chi connectivity index (χ4v) is 1.11.